The number of nitrogens with zero attached hydrogens (tertiary/aromatic N) is 4. The molecule has 2 heterocycles. The van der Waals surface area contributed by atoms with E-state index in [0.717, 1.165) is 31.9 Å². The summed E-state index contributed by atoms with van der Waals surface area (Å²) >= 11 is 0. The van der Waals surface area contributed by atoms with Gasteiger partial charge in [-0.15, -0.1) is 6.58 Å². The van der Waals surface area contributed by atoms with E-state index in [4.69, 9.17) is 0 Å². The number of non-ortho nitro benzene ring substituents is 1. The minimum atomic E-state index is -0.381. The van der Waals surface area contributed by atoms with Gasteiger partial charge in [-0.3, -0.25) is 24.8 Å². The molecular formula is C18H21N5O3. The monoisotopic (exact) mass is 355 g/mol. The number of aromatic nitrogens is 1. The molecule has 1 N–H and O–H groups in total. The average Bonchev–Trinajstić information content (AvgIpc) is 2.66. The van der Waals surface area contributed by atoms with Crippen LogP contribution in [-0.4, -0.2) is 60.0 Å². The van der Waals surface area contributed by atoms with E-state index in [9.17, 15) is 14.9 Å². The van der Waals surface area contributed by atoms with Crippen LogP contribution in [0.2, 0.25) is 0 Å². The molecule has 26 heavy (non-hydrogen) atoms. The van der Waals surface area contributed by atoms with Gasteiger partial charge in [-0.1, -0.05) is 6.08 Å². The Kier molecular flexibility index (Phi) is 5.43. The number of piperazine rings is 1. The maximum Gasteiger partial charge on any atom is 0.278 e. The third-order valence-corrected chi connectivity index (χ3v) is 4.45. The number of pyridine rings is 1. The quantitative estimate of drug-likeness (QED) is 0.480. The highest BCUT2D eigenvalue weighted by Crippen LogP contribution is 2.32. The number of amides is 1. The maximum absolute atomic E-state index is 11.8. The third kappa shape index (κ3) is 3.80. The zero-order chi connectivity index (χ0) is 18.5. The minimum absolute atomic E-state index is 0.0131. The lowest BCUT2D eigenvalue weighted by Gasteiger charge is -2.36. The number of hydrogen-bond acceptors (Lipinski definition) is 6. The summed E-state index contributed by atoms with van der Waals surface area (Å²) in [6, 6.07) is 6.73. The molecule has 136 valence electrons. The lowest BCUT2D eigenvalue weighted by atomic mass is 10.1. The Morgan fingerprint density at radius 3 is 2.77 bits per heavy atom. The Morgan fingerprint density at radius 1 is 1.31 bits per heavy atom. The highest BCUT2D eigenvalue weighted by Gasteiger charge is 2.23. The number of anilines is 1. The maximum atomic E-state index is 11.8. The van der Waals surface area contributed by atoms with E-state index < -0.39 is 0 Å². The average molecular weight is 355 g/mol. The van der Waals surface area contributed by atoms with Gasteiger partial charge in [0.25, 0.3) is 5.69 Å². The molecule has 8 nitrogen and oxygen atoms in total. The van der Waals surface area contributed by atoms with Gasteiger partial charge in [-0.05, 0) is 18.2 Å². The Bertz CT molecular complexity index is 831. The van der Waals surface area contributed by atoms with Crippen molar-refractivity contribution in [2.45, 2.75) is 0 Å². The second-order valence-electron chi connectivity index (χ2n) is 6.12. The van der Waals surface area contributed by atoms with E-state index in [1.54, 1.807) is 30.5 Å². The predicted octanol–water partition coefficient (Wildman–Crippen LogP) is 1.57. The van der Waals surface area contributed by atoms with Crippen molar-refractivity contribution < 1.29 is 9.72 Å². The predicted molar refractivity (Wildman–Crippen MR) is 100 cm³/mol. The normalized spacial score (nSPS) is 15.0. The van der Waals surface area contributed by atoms with Gasteiger partial charge in [-0.25, -0.2) is 0 Å². The highest BCUT2D eigenvalue weighted by molar-refractivity contribution is 5.97. The molecule has 0 spiro atoms. The molecule has 1 aromatic heterocycles. The van der Waals surface area contributed by atoms with E-state index in [-0.39, 0.29) is 16.5 Å². The second-order valence-corrected chi connectivity index (χ2v) is 6.12. The van der Waals surface area contributed by atoms with Crippen LogP contribution in [0.25, 0.3) is 10.9 Å². The molecule has 0 bridgehead atoms. The molecule has 2 aromatic rings. The number of nitrogens with one attached hydrogen (secondary N) is 1. The van der Waals surface area contributed by atoms with Crippen molar-refractivity contribution >= 4 is 28.2 Å². The smallest absolute Gasteiger partial charge is 0.278 e. The summed E-state index contributed by atoms with van der Waals surface area (Å²) < 4.78 is 0. The lowest BCUT2D eigenvalue weighted by Crippen LogP contribution is -2.49. The zero-order valence-corrected chi connectivity index (χ0v) is 14.4. The van der Waals surface area contributed by atoms with Gasteiger partial charge >= 0.3 is 0 Å². The molecule has 1 saturated heterocycles. The molecule has 0 atom stereocenters. The first-order valence-corrected chi connectivity index (χ1v) is 8.47. The molecule has 1 aromatic carbocycles. The number of rotatable bonds is 6. The Hall–Kier alpha value is -3.00. The third-order valence-electron chi connectivity index (χ3n) is 4.45. The van der Waals surface area contributed by atoms with Gasteiger partial charge in [0.1, 0.15) is 5.52 Å². The summed E-state index contributed by atoms with van der Waals surface area (Å²) in [6.45, 7) is 7.37. The fraction of sp³-hybridized carbons (Fsp3) is 0.333. The summed E-state index contributed by atoms with van der Waals surface area (Å²) in [4.78, 5) is 31.3. The van der Waals surface area contributed by atoms with Crippen LogP contribution in [0.1, 0.15) is 0 Å². The number of carbonyl (C=O) groups excluding carboxylic acids is 1. The van der Waals surface area contributed by atoms with Crippen LogP contribution in [0.15, 0.2) is 43.1 Å². The lowest BCUT2D eigenvalue weighted by molar-refractivity contribution is -0.383. The van der Waals surface area contributed by atoms with E-state index in [1.807, 2.05) is 0 Å². The van der Waals surface area contributed by atoms with Gasteiger partial charge in [0, 0.05) is 45.0 Å². The first-order chi connectivity index (χ1) is 12.6. The van der Waals surface area contributed by atoms with Gasteiger partial charge < -0.3 is 10.2 Å². The van der Waals surface area contributed by atoms with Crippen LogP contribution in [0, 0.1) is 10.1 Å². The van der Waals surface area contributed by atoms with E-state index in [1.165, 1.54) is 6.07 Å². The summed E-state index contributed by atoms with van der Waals surface area (Å²) in [5.41, 5.74) is 1.59. The zero-order valence-electron chi connectivity index (χ0n) is 14.4. The number of hydrogen-bond donors (Lipinski definition) is 1. The van der Waals surface area contributed by atoms with Crippen LogP contribution < -0.4 is 10.2 Å². The summed E-state index contributed by atoms with van der Waals surface area (Å²) in [7, 11) is 0. The van der Waals surface area contributed by atoms with Crippen LogP contribution in [0.5, 0.6) is 0 Å². The fourth-order valence-corrected chi connectivity index (χ4v) is 3.15. The molecule has 1 aliphatic heterocycles. The van der Waals surface area contributed by atoms with Crippen molar-refractivity contribution in [2.24, 2.45) is 0 Å². The SMILES string of the molecule is C=CCNC(=O)CN1CCN(c2ccc([N+](=O)[O-])c3cccnc23)CC1. The molecular weight excluding hydrogens is 334 g/mol. The summed E-state index contributed by atoms with van der Waals surface area (Å²) in [5.74, 6) is -0.0131. The van der Waals surface area contributed by atoms with Crippen molar-refractivity contribution in [3.8, 4) is 0 Å². The molecule has 0 radical (unpaired) electrons. The largest absolute Gasteiger partial charge is 0.367 e. The summed E-state index contributed by atoms with van der Waals surface area (Å²) in [6.07, 6.45) is 3.30. The van der Waals surface area contributed by atoms with E-state index >= 15 is 0 Å². The minimum Gasteiger partial charge on any atom is -0.367 e. The number of nitro benzene ring substituents is 1. The Balaban J connectivity index is 1.72. The number of carbonyl (C=O) groups is 1. The number of benzene rings is 1. The van der Waals surface area contributed by atoms with E-state index in [2.05, 4.69) is 26.7 Å². The highest BCUT2D eigenvalue weighted by atomic mass is 16.6. The van der Waals surface area contributed by atoms with Gasteiger partial charge in [0.05, 0.1) is 22.5 Å². The topological polar surface area (TPSA) is 91.6 Å². The number of fused-ring (bicyclic) bond motifs is 1. The molecule has 1 aliphatic rings. The van der Waals surface area contributed by atoms with Crippen LogP contribution in [-0.2, 0) is 4.79 Å². The summed E-state index contributed by atoms with van der Waals surface area (Å²) in [5, 5.41) is 14.6. The van der Waals surface area contributed by atoms with Crippen molar-refractivity contribution in [1.82, 2.24) is 15.2 Å². The molecule has 0 saturated carbocycles. The van der Waals surface area contributed by atoms with Crippen LogP contribution in [0.4, 0.5) is 11.4 Å². The Morgan fingerprint density at radius 2 is 2.08 bits per heavy atom. The van der Waals surface area contributed by atoms with Crippen molar-refractivity contribution in [1.29, 1.82) is 0 Å². The van der Waals surface area contributed by atoms with Gasteiger partial charge in [0.2, 0.25) is 5.91 Å². The fourth-order valence-electron chi connectivity index (χ4n) is 3.15. The first kappa shape index (κ1) is 17.8. The molecule has 0 unspecified atom stereocenters. The standard InChI is InChI=1S/C18H21N5O3/c1-2-7-19-17(24)13-21-9-11-22(12-10-21)16-6-5-15(23(25)26)14-4-3-8-20-18(14)16/h2-6,8H,1,7,9-13H2,(H,19,24). The Labute approximate surface area is 151 Å². The van der Waals surface area contributed by atoms with E-state index in [0.29, 0.717) is 24.0 Å². The molecule has 1 amide bonds. The van der Waals surface area contributed by atoms with Gasteiger partial charge in [-0.2, -0.15) is 0 Å². The van der Waals surface area contributed by atoms with Gasteiger partial charge in [0.15, 0.2) is 0 Å². The van der Waals surface area contributed by atoms with Crippen LogP contribution in [0.3, 0.4) is 0 Å². The van der Waals surface area contributed by atoms with Crippen LogP contribution >= 0.6 is 0 Å². The second kappa shape index (κ2) is 7.92. The molecule has 8 heteroatoms. The van der Waals surface area contributed by atoms with Crippen molar-refractivity contribution in [2.75, 3.05) is 44.2 Å². The first-order valence-electron chi connectivity index (χ1n) is 8.47. The van der Waals surface area contributed by atoms with Crippen molar-refractivity contribution in [3.05, 3.63) is 53.2 Å². The number of nitro groups is 1. The molecule has 3 rings (SSSR count). The van der Waals surface area contributed by atoms with Crippen molar-refractivity contribution in [3.63, 3.8) is 0 Å². The molecule has 1 fully saturated rings. The molecule has 0 aliphatic carbocycles.